The van der Waals surface area contributed by atoms with Gasteiger partial charge in [-0.25, -0.2) is 14.6 Å². The summed E-state index contributed by atoms with van der Waals surface area (Å²) in [4.78, 5) is 28.7. The molecule has 3 N–H and O–H groups in total. The molecule has 0 aliphatic heterocycles. The molecule has 1 aromatic rings. The van der Waals surface area contributed by atoms with Gasteiger partial charge < -0.3 is 20.4 Å². The van der Waals surface area contributed by atoms with Gasteiger partial charge in [0, 0.05) is 24.9 Å². The molecule has 1 rings (SSSR count). The second-order valence-electron chi connectivity index (χ2n) is 4.09. The molecule has 0 saturated heterocycles. The van der Waals surface area contributed by atoms with E-state index >= 15 is 0 Å². The molecule has 0 fully saturated rings. The van der Waals surface area contributed by atoms with E-state index in [4.69, 9.17) is 10.2 Å². The van der Waals surface area contributed by atoms with Gasteiger partial charge in [0.25, 0.3) is 0 Å². The van der Waals surface area contributed by atoms with Crippen molar-refractivity contribution >= 4 is 23.3 Å². The predicted octanol–water partition coefficient (Wildman–Crippen LogP) is 0.429. The van der Waals surface area contributed by atoms with Gasteiger partial charge in [-0.3, -0.25) is 0 Å². The van der Waals surface area contributed by atoms with Gasteiger partial charge in [-0.15, -0.1) is 11.3 Å². The molecule has 0 aliphatic carbocycles. The van der Waals surface area contributed by atoms with Crippen molar-refractivity contribution in [2.75, 3.05) is 13.6 Å². The molecule has 0 spiro atoms. The quantitative estimate of drug-likeness (QED) is 0.704. The van der Waals surface area contributed by atoms with E-state index in [-0.39, 0.29) is 19.0 Å². The van der Waals surface area contributed by atoms with Crippen LogP contribution in [0.5, 0.6) is 0 Å². The van der Waals surface area contributed by atoms with Crippen molar-refractivity contribution in [2.45, 2.75) is 26.0 Å². The maximum absolute atomic E-state index is 11.7. The van der Waals surface area contributed by atoms with Gasteiger partial charge in [0.1, 0.15) is 0 Å². The zero-order valence-corrected chi connectivity index (χ0v) is 11.6. The molecule has 1 atom stereocenters. The van der Waals surface area contributed by atoms with Crippen molar-refractivity contribution in [3.63, 3.8) is 0 Å². The lowest BCUT2D eigenvalue weighted by Gasteiger charge is -2.17. The topological polar surface area (TPSA) is 103 Å². The Labute approximate surface area is 114 Å². The van der Waals surface area contributed by atoms with Crippen LogP contribution < -0.4 is 5.32 Å². The number of carboxylic acid groups (broad SMARTS) is 1. The Balaban J connectivity index is 2.33. The van der Waals surface area contributed by atoms with Gasteiger partial charge >= 0.3 is 12.0 Å². The number of nitrogens with one attached hydrogen (secondary N) is 1. The van der Waals surface area contributed by atoms with E-state index in [1.165, 1.54) is 16.2 Å². The number of carbonyl (C=O) groups excluding carboxylic acids is 1. The fourth-order valence-electron chi connectivity index (χ4n) is 1.34. The number of aliphatic hydroxyl groups is 1. The minimum Gasteiger partial charge on any atom is -0.479 e. The Hall–Kier alpha value is -1.67. The number of aromatic nitrogens is 1. The standard InChI is InChI=1S/C11H17N3O4S/c1-7-9(19-6-13-7)5-14(2)11(18)12-4-3-8(15)10(16)17/h6,8,15H,3-5H2,1-2H3,(H,12,18)(H,16,17). The zero-order valence-electron chi connectivity index (χ0n) is 10.8. The molecule has 8 heteroatoms. The van der Waals surface area contributed by atoms with E-state index in [9.17, 15) is 9.59 Å². The number of aryl methyl sites for hydroxylation is 1. The number of urea groups is 1. The molecule has 0 aliphatic rings. The van der Waals surface area contributed by atoms with Gasteiger partial charge in [0.2, 0.25) is 0 Å². The average molecular weight is 287 g/mol. The normalized spacial score (nSPS) is 11.9. The summed E-state index contributed by atoms with van der Waals surface area (Å²) in [6, 6.07) is -0.314. The van der Waals surface area contributed by atoms with E-state index in [2.05, 4.69) is 10.3 Å². The second kappa shape index (κ2) is 7.05. The summed E-state index contributed by atoms with van der Waals surface area (Å²) in [5.74, 6) is -1.29. The van der Waals surface area contributed by atoms with Crippen LogP contribution in [0.1, 0.15) is 17.0 Å². The number of hydrogen-bond acceptors (Lipinski definition) is 5. The molecule has 7 nitrogen and oxygen atoms in total. The van der Waals surface area contributed by atoms with Crippen molar-refractivity contribution in [3.8, 4) is 0 Å². The van der Waals surface area contributed by atoms with Crippen molar-refractivity contribution < 1.29 is 19.8 Å². The molecule has 0 aromatic carbocycles. The van der Waals surface area contributed by atoms with Crippen LogP contribution in [0.15, 0.2) is 5.51 Å². The summed E-state index contributed by atoms with van der Waals surface area (Å²) in [7, 11) is 1.64. The molecule has 19 heavy (non-hydrogen) atoms. The smallest absolute Gasteiger partial charge is 0.332 e. The van der Waals surface area contributed by atoms with E-state index in [1.807, 2.05) is 6.92 Å². The largest absolute Gasteiger partial charge is 0.479 e. The summed E-state index contributed by atoms with van der Waals surface area (Å²) in [6.45, 7) is 2.43. The Bertz CT molecular complexity index is 449. The van der Waals surface area contributed by atoms with Crippen molar-refractivity contribution in [1.29, 1.82) is 0 Å². The van der Waals surface area contributed by atoms with Crippen molar-refractivity contribution in [3.05, 3.63) is 16.1 Å². The first-order chi connectivity index (χ1) is 8.91. The molecule has 1 unspecified atom stereocenters. The van der Waals surface area contributed by atoms with Crippen LogP contribution in [-0.2, 0) is 11.3 Å². The maximum atomic E-state index is 11.7. The number of carboxylic acids is 1. The molecule has 0 radical (unpaired) electrons. The highest BCUT2D eigenvalue weighted by molar-refractivity contribution is 7.09. The third kappa shape index (κ3) is 4.84. The fourth-order valence-corrected chi connectivity index (χ4v) is 2.17. The van der Waals surface area contributed by atoms with E-state index in [0.29, 0.717) is 6.54 Å². The first kappa shape index (κ1) is 15.4. The average Bonchev–Trinajstić information content (AvgIpc) is 2.74. The van der Waals surface area contributed by atoms with Crippen LogP contribution in [-0.4, -0.2) is 51.8 Å². The highest BCUT2D eigenvalue weighted by Gasteiger charge is 2.15. The number of nitrogens with zero attached hydrogens (tertiary/aromatic N) is 2. The lowest BCUT2D eigenvalue weighted by atomic mass is 10.2. The van der Waals surface area contributed by atoms with Crippen LogP contribution >= 0.6 is 11.3 Å². The first-order valence-corrected chi connectivity index (χ1v) is 6.58. The Kier molecular flexibility index (Phi) is 5.71. The summed E-state index contributed by atoms with van der Waals surface area (Å²) in [5, 5.41) is 20.1. The minimum atomic E-state index is -1.45. The van der Waals surface area contributed by atoms with E-state index in [1.54, 1.807) is 12.6 Å². The Morgan fingerprint density at radius 1 is 1.58 bits per heavy atom. The second-order valence-corrected chi connectivity index (χ2v) is 5.03. The molecule has 1 heterocycles. The van der Waals surface area contributed by atoms with Crippen LogP contribution in [0.2, 0.25) is 0 Å². The predicted molar refractivity (Wildman–Crippen MR) is 70.0 cm³/mol. The molecule has 106 valence electrons. The van der Waals surface area contributed by atoms with Crippen LogP contribution in [0, 0.1) is 6.92 Å². The summed E-state index contributed by atoms with van der Waals surface area (Å²) < 4.78 is 0. The number of carbonyl (C=O) groups is 2. The van der Waals surface area contributed by atoms with E-state index < -0.39 is 12.1 Å². The molecular weight excluding hydrogens is 270 g/mol. The lowest BCUT2D eigenvalue weighted by Crippen LogP contribution is -2.38. The third-order valence-corrected chi connectivity index (χ3v) is 3.47. The van der Waals surface area contributed by atoms with Gasteiger partial charge in [-0.05, 0) is 6.92 Å². The summed E-state index contributed by atoms with van der Waals surface area (Å²) in [5.41, 5.74) is 2.62. The number of thiazole rings is 1. The monoisotopic (exact) mass is 287 g/mol. The molecule has 0 saturated carbocycles. The lowest BCUT2D eigenvalue weighted by molar-refractivity contribution is -0.146. The number of amides is 2. The number of aliphatic hydroxyl groups excluding tert-OH is 1. The van der Waals surface area contributed by atoms with Gasteiger partial charge in [-0.2, -0.15) is 0 Å². The van der Waals surface area contributed by atoms with Gasteiger partial charge in [-0.1, -0.05) is 0 Å². The van der Waals surface area contributed by atoms with Gasteiger partial charge in [0.05, 0.1) is 17.7 Å². The van der Waals surface area contributed by atoms with Crippen molar-refractivity contribution in [1.82, 2.24) is 15.2 Å². The number of aliphatic carboxylic acids is 1. The van der Waals surface area contributed by atoms with Crippen molar-refractivity contribution in [2.24, 2.45) is 0 Å². The third-order valence-electron chi connectivity index (χ3n) is 2.55. The maximum Gasteiger partial charge on any atom is 0.332 e. The first-order valence-electron chi connectivity index (χ1n) is 5.70. The highest BCUT2D eigenvalue weighted by Crippen LogP contribution is 2.13. The Morgan fingerprint density at radius 2 is 2.26 bits per heavy atom. The molecule has 1 aromatic heterocycles. The van der Waals surface area contributed by atoms with Crippen LogP contribution in [0.25, 0.3) is 0 Å². The number of hydrogen-bond donors (Lipinski definition) is 3. The Morgan fingerprint density at radius 3 is 2.79 bits per heavy atom. The molecule has 0 bridgehead atoms. The SMILES string of the molecule is Cc1ncsc1CN(C)C(=O)NCCC(O)C(=O)O. The summed E-state index contributed by atoms with van der Waals surface area (Å²) >= 11 is 1.48. The van der Waals surface area contributed by atoms with E-state index in [0.717, 1.165) is 10.6 Å². The fraction of sp³-hybridized carbons (Fsp3) is 0.545. The van der Waals surface area contributed by atoms with Crippen LogP contribution in [0.3, 0.4) is 0 Å². The molecule has 2 amide bonds. The molecular formula is C11H17N3O4S. The minimum absolute atomic E-state index is 0.0193. The number of rotatable bonds is 6. The van der Waals surface area contributed by atoms with Crippen LogP contribution in [0.4, 0.5) is 4.79 Å². The summed E-state index contributed by atoms with van der Waals surface area (Å²) in [6.07, 6.45) is -1.47. The highest BCUT2D eigenvalue weighted by atomic mass is 32.1. The zero-order chi connectivity index (χ0) is 14.4. The van der Waals surface area contributed by atoms with Gasteiger partial charge in [0.15, 0.2) is 6.10 Å².